The summed E-state index contributed by atoms with van der Waals surface area (Å²) in [5.41, 5.74) is 13.0. The predicted octanol–water partition coefficient (Wildman–Crippen LogP) is 5.72. The number of anilines is 2. The van der Waals surface area contributed by atoms with E-state index in [0.717, 1.165) is 78.0 Å². The van der Waals surface area contributed by atoms with Crippen molar-refractivity contribution < 1.29 is 14.3 Å². The van der Waals surface area contributed by atoms with Crippen molar-refractivity contribution in [1.29, 1.82) is 0 Å². The molecule has 0 aromatic heterocycles. The topological polar surface area (TPSA) is 87.9 Å². The Morgan fingerprint density at radius 1 is 0.878 bits per heavy atom. The largest absolute Gasteiger partial charge is 0.375 e. The Kier molecular flexibility index (Phi) is 9.70. The van der Waals surface area contributed by atoms with Gasteiger partial charge in [0.2, 0.25) is 11.8 Å². The zero-order valence-electron chi connectivity index (χ0n) is 24.1. The van der Waals surface area contributed by atoms with Crippen LogP contribution in [-0.2, 0) is 34.0 Å². The minimum atomic E-state index is -0.164. The number of nitrogens with one attached hydrogen (secondary N) is 1. The fourth-order valence-electron chi connectivity index (χ4n) is 5.67. The first kappa shape index (κ1) is 28.8. The number of rotatable bonds is 11. The SMILES string of the molecule is COCC(=O)Nc1cc(-c2cccc(CN(Cc3cccc(CN)c3)C(=O)C3CC3)c2)ccc1N1CCCCCC1. The molecule has 5 rings (SSSR count). The molecular formula is C34H42N4O3. The van der Waals surface area contributed by atoms with E-state index in [0.29, 0.717) is 19.6 Å². The zero-order valence-corrected chi connectivity index (χ0v) is 24.1. The van der Waals surface area contributed by atoms with Gasteiger partial charge in [0.25, 0.3) is 0 Å². The van der Waals surface area contributed by atoms with Crippen LogP contribution < -0.4 is 16.0 Å². The number of hydrogen-bond donors (Lipinski definition) is 2. The molecule has 3 aromatic carbocycles. The molecule has 1 aliphatic carbocycles. The van der Waals surface area contributed by atoms with Gasteiger partial charge in [-0.3, -0.25) is 9.59 Å². The summed E-state index contributed by atoms with van der Waals surface area (Å²) in [6.45, 7) is 3.57. The predicted molar refractivity (Wildman–Crippen MR) is 164 cm³/mol. The molecule has 0 unspecified atom stereocenters. The summed E-state index contributed by atoms with van der Waals surface area (Å²) in [4.78, 5) is 30.2. The summed E-state index contributed by atoms with van der Waals surface area (Å²) in [6, 6.07) is 22.9. The molecule has 41 heavy (non-hydrogen) atoms. The van der Waals surface area contributed by atoms with E-state index in [4.69, 9.17) is 10.5 Å². The van der Waals surface area contributed by atoms with Crippen LogP contribution in [0.5, 0.6) is 0 Å². The number of methoxy groups -OCH3 is 1. The van der Waals surface area contributed by atoms with Gasteiger partial charge in [0.1, 0.15) is 6.61 Å². The Labute approximate surface area is 243 Å². The lowest BCUT2D eigenvalue weighted by Crippen LogP contribution is -2.31. The third kappa shape index (κ3) is 7.75. The Morgan fingerprint density at radius 2 is 1.54 bits per heavy atom. The van der Waals surface area contributed by atoms with Crippen LogP contribution in [0.2, 0.25) is 0 Å². The standard InChI is InChI=1S/C34H42N4O3/c1-41-24-33(39)36-31-20-30(14-15-32(31)37-16-4-2-3-5-17-37)29-11-7-10-27(19-29)23-38(34(40)28-12-13-28)22-26-9-6-8-25(18-26)21-35/h6-11,14-15,18-20,28H,2-5,12-13,16-17,21-24,35H2,1H3,(H,36,39). The molecule has 0 atom stereocenters. The van der Waals surface area contributed by atoms with Crippen LogP contribution in [0.15, 0.2) is 66.7 Å². The molecule has 3 aromatic rings. The van der Waals surface area contributed by atoms with E-state index in [2.05, 4.69) is 58.7 Å². The second kappa shape index (κ2) is 13.8. The number of benzene rings is 3. The maximum absolute atomic E-state index is 13.3. The Bertz CT molecular complexity index is 1350. The van der Waals surface area contributed by atoms with E-state index in [-0.39, 0.29) is 24.3 Å². The number of carbonyl (C=O) groups excluding carboxylic acids is 2. The smallest absolute Gasteiger partial charge is 0.250 e. The molecule has 1 heterocycles. The summed E-state index contributed by atoms with van der Waals surface area (Å²) >= 11 is 0. The number of nitrogens with zero attached hydrogens (tertiary/aromatic N) is 2. The average Bonchev–Trinajstić information content (AvgIpc) is 3.85. The molecule has 216 valence electrons. The Morgan fingerprint density at radius 3 is 2.22 bits per heavy atom. The summed E-state index contributed by atoms with van der Waals surface area (Å²) in [6.07, 6.45) is 6.74. The first-order valence-corrected chi connectivity index (χ1v) is 14.9. The van der Waals surface area contributed by atoms with Gasteiger partial charge in [0.15, 0.2) is 0 Å². The molecule has 0 spiro atoms. The highest BCUT2D eigenvalue weighted by molar-refractivity contribution is 5.96. The molecule has 2 fully saturated rings. The number of ether oxygens (including phenoxy) is 1. The molecule has 0 radical (unpaired) electrons. The lowest BCUT2D eigenvalue weighted by Gasteiger charge is -2.26. The van der Waals surface area contributed by atoms with Crippen LogP contribution in [-0.4, -0.2) is 43.5 Å². The van der Waals surface area contributed by atoms with Crippen molar-refractivity contribution in [1.82, 2.24) is 4.90 Å². The highest BCUT2D eigenvalue weighted by Gasteiger charge is 2.33. The van der Waals surface area contributed by atoms with Crippen molar-refractivity contribution in [2.45, 2.75) is 58.2 Å². The van der Waals surface area contributed by atoms with Crippen LogP contribution in [0.1, 0.15) is 55.2 Å². The monoisotopic (exact) mass is 554 g/mol. The van der Waals surface area contributed by atoms with E-state index < -0.39 is 0 Å². The van der Waals surface area contributed by atoms with E-state index in [1.165, 1.54) is 20.0 Å². The van der Waals surface area contributed by atoms with Gasteiger partial charge in [-0.05, 0) is 71.7 Å². The van der Waals surface area contributed by atoms with Crippen LogP contribution in [0, 0.1) is 5.92 Å². The fraction of sp³-hybridized carbons (Fsp3) is 0.412. The summed E-state index contributed by atoms with van der Waals surface area (Å²) in [5.74, 6) is 0.196. The fourth-order valence-corrected chi connectivity index (χ4v) is 5.67. The van der Waals surface area contributed by atoms with Gasteiger partial charge in [0, 0.05) is 45.8 Å². The van der Waals surface area contributed by atoms with Crippen molar-refractivity contribution in [3.8, 4) is 11.1 Å². The van der Waals surface area contributed by atoms with Crippen LogP contribution in [0.3, 0.4) is 0 Å². The van der Waals surface area contributed by atoms with Gasteiger partial charge < -0.3 is 25.6 Å². The van der Waals surface area contributed by atoms with Gasteiger partial charge >= 0.3 is 0 Å². The van der Waals surface area contributed by atoms with Gasteiger partial charge in [0.05, 0.1) is 11.4 Å². The maximum Gasteiger partial charge on any atom is 0.250 e. The van der Waals surface area contributed by atoms with Crippen LogP contribution in [0.4, 0.5) is 11.4 Å². The maximum atomic E-state index is 13.3. The molecule has 0 bridgehead atoms. The van der Waals surface area contributed by atoms with Gasteiger partial charge in [-0.2, -0.15) is 0 Å². The van der Waals surface area contributed by atoms with Gasteiger partial charge in [-0.1, -0.05) is 61.4 Å². The van der Waals surface area contributed by atoms with Crippen molar-refractivity contribution in [3.63, 3.8) is 0 Å². The summed E-state index contributed by atoms with van der Waals surface area (Å²) < 4.78 is 5.08. The van der Waals surface area contributed by atoms with E-state index in [9.17, 15) is 9.59 Å². The Balaban J connectivity index is 1.40. The van der Waals surface area contributed by atoms with E-state index in [1.807, 2.05) is 23.1 Å². The molecule has 7 heteroatoms. The molecule has 1 saturated carbocycles. The normalized spacial score (nSPS) is 15.3. The lowest BCUT2D eigenvalue weighted by atomic mass is 10.0. The number of nitrogens with two attached hydrogens (primary N) is 1. The third-order valence-electron chi connectivity index (χ3n) is 7.97. The van der Waals surface area contributed by atoms with Crippen molar-refractivity contribution >= 4 is 23.2 Å². The number of carbonyl (C=O) groups is 2. The first-order chi connectivity index (χ1) is 20.0. The highest BCUT2D eigenvalue weighted by Crippen LogP contribution is 2.35. The molecule has 2 aliphatic rings. The van der Waals surface area contributed by atoms with Gasteiger partial charge in [-0.25, -0.2) is 0 Å². The minimum Gasteiger partial charge on any atom is -0.375 e. The first-order valence-electron chi connectivity index (χ1n) is 14.9. The summed E-state index contributed by atoms with van der Waals surface area (Å²) in [7, 11) is 1.53. The number of amides is 2. The zero-order chi connectivity index (χ0) is 28.6. The van der Waals surface area contributed by atoms with Gasteiger partial charge in [-0.15, -0.1) is 0 Å². The number of hydrogen-bond acceptors (Lipinski definition) is 5. The average molecular weight is 555 g/mol. The minimum absolute atomic E-state index is 0.0121. The molecule has 7 nitrogen and oxygen atoms in total. The lowest BCUT2D eigenvalue weighted by molar-refractivity contribution is -0.133. The molecule has 3 N–H and O–H groups in total. The van der Waals surface area contributed by atoms with Crippen molar-refractivity contribution in [3.05, 3.63) is 83.4 Å². The molecule has 1 aliphatic heterocycles. The molecular weight excluding hydrogens is 512 g/mol. The second-order valence-corrected chi connectivity index (χ2v) is 11.3. The Hall–Kier alpha value is -3.68. The molecule has 1 saturated heterocycles. The third-order valence-corrected chi connectivity index (χ3v) is 7.97. The quantitative estimate of drug-likeness (QED) is 0.317. The van der Waals surface area contributed by atoms with Crippen molar-refractivity contribution in [2.24, 2.45) is 11.7 Å². The molecule has 2 amide bonds. The van der Waals surface area contributed by atoms with Crippen molar-refractivity contribution in [2.75, 3.05) is 37.0 Å². The van der Waals surface area contributed by atoms with Crippen LogP contribution >= 0.6 is 0 Å². The second-order valence-electron chi connectivity index (χ2n) is 11.3. The highest BCUT2D eigenvalue weighted by atomic mass is 16.5. The van der Waals surface area contributed by atoms with E-state index >= 15 is 0 Å². The summed E-state index contributed by atoms with van der Waals surface area (Å²) in [5, 5.41) is 3.09. The van der Waals surface area contributed by atoms with Crippen LogP contribution in [0.25, 0.3) is 11.1 Å². The van der Waals surface area contributed by atoms with E-state index in [1.54, 1.807) is 0 Å².